The Bertz CT molecular complexity index is 154. The van der Waals surface area contributed by atoms with Crippen LogP contribution in [0.3, 0.4) is 0 Å². The minimum Gasteiger partial charge on any atom is -0.361 e. The van der Waals surface area contributed by atoms with Gasteiger partial charge in [-0.1, -0.05) is 41.5 Å². The maximum Gasteiger partial charge on any atom is 0.117 e. The number of hydrogen-bond donors (Lipinski definition) is 1. The quantitative estimate of drug-likeness (QED) is 0.661. The first-order valence-corrected chi connectivity index (χ1v) is 6.18. The summed E-state index contributed by atoms with van der Waals surface area (Å²) < 4.78 is 5.89. The van der Waals surface area contributed by atoms with Gasteiger partial charge in [-0.05, 0) is 30.6 Å². The molecular formula is C13H29NO. The fourth-order valence-corrected chi connectivity index (χ4v) is 1.92. The van der Waals surface area contributed by atoms with Crippen LogP contribution < -0.4 is 5.73 Å². The van der Waals surface area contributed by atoms with Crippen molar-refractivity contribution in [2.75, 3.05) is 6.61 Å². The second kappa shape index (κ2) is 6.49. The molecule has 0 rings (SSSR count). The van der Waals surface area contributed by atoms with E-state index in [0.29, 0.717) is 17.8 Å². The Morgan fingerprint density at radius 2 is 1.27 bits per heavy atom. The van der Waals surface area contributed by atoms with E-state index >= 15 is 0 Å². The van der Waals surface area contributed by atoms with Crippen LogP contribution in [0.15, 0.2) is 0 Å². The van der Waals surface area contributed by atoms with Crippen LogP contribution in [-0.2, 0) is 4.74 Å². The SMILES string of the molecule is CC(C)COC(N)(CC(C)C)CC(C)C. The van der Waals surface area contributed by atoms with Gasteiger partial charge in [0.1, 0.15) is 5.72 Å². The average molecular weight is 215 g/mol. The number of hydrogen-bond acceptors (Lipinski definition) is 2. The predicted octanol–water partition coefficient (Wildman–Crippen LogP) is 3.41. The summed E-state index contributed by atoms with van der Waals surface area (Å²) in [6.07, 6.45) is 1.88. The molecule has 0 saturated heterocycles. The lowest BCUT2D eigenvalue weighted by Crippen LogP contribution is -2.46. The standard InChI is InChI=1S/C13H29NO/c1-10(2)7-13(14,8-11(3)4)15-9-12(5)6/h10-12H,7-9,14H2,1-6H3. The highest BCUT2D eigenvalue weighted by Gasteiger charge is 2.28. The van der Waals surface area contributed by atoms with Crippen molar-refractivity contribution in [3.05, 3.63) is 0 Å². The molecule has 0 atom stereocenters. The summed E-state index contributed by atoms with van der Waals surface area (Å²) in [5, 5.41) is 0. The molecule has 0 aliphatic rings. The summed E-state index contributed by atoms with van der Waals surface area (Å²) in [6, 6.07) is 0. The van der Waals surface area contributed by atoms with E-state index in [1.54, 1.807) is 0 Å². The third kappa shape index (κ3) is 7.80. The van der Waals surface area contributed by atoms with E-state index in [1.165, 1.54) is 0 Å². The van der Waals surface area contributed by atoms with Gasteiger partial charge in [-0.3, -0.25) is 0 Å². The van der Waals surface area contributed by atoms with E-state index in [1.807, 2.05) is 0 Å². The summed E-state index contributed by atoms with van der Waals surface area (Å²) in [5.74, 6) is 1.72. The lowest BCUT2D eigenvalue weighted by molar-refractivity contribution is -0.0780. The fourth-order valence-electron chi connectivity index (χ4n) is 1.92. The van der Waals surface area contributed by atoms with E-state index < -0.39 is 5.72 Å². The van der Waals surface area contributed by atoms with Crippen LogP contribution in [-0.4, -0.2) is 12.3 Å². The first-order valence-electron chi connectivity index (χ1n) is 6.18. The van der Waals surface area contributed by atoms with Gasteiger partial charge in [0.05, 0.1) is 6.61 Å². The van der Waals surface area contributed by atoms with Gasteiger partial charge in [0.25, 0.3) is 0 Å². The predicted molar refractivity (Wildman–Crippen MR) is 66.6 cm³/mol. The Morgan fingerprint density at radius 1 is 0.867 bits per heavy atom. The van der Waals surface area contributed by atoms with Crippen molar-refractivity contribution in [3.63, 3.8) is 0 Å². The van der Waals surface area contributed by atoms with Crippen molar-refractivity contribution < 1.29 is 4.74 Å². The summed E-state index contributed by atoms with van der Waals surface area (Å²) in [4.78, 5) is 0. The molecule has 0 fully saturated rings. The Hall–Kier alpha value is -0.0800. The van der Waals surface area contributed by atoms with Crippen molar-refractivity contribution in [1.29, 1.82) is 0 Å². The van der Waals surface area contributed by atoms with Gasteiger partial charge in [0.15, 0.2) is 0 Å². The maximum atomic E-state index is 6.33. The second-order valence-electron chi connectivity index (χ2n) is 5.97. The first-order chi connectivity index (χ1) is 6.75. The lowest BCUT2D eigenvalue weighted by Gasteiger charge is -2.33. The Morgan fingerprint density at radius 3 is 1.53 bits per heavy atom. The lowest BCUT2D eigenvalue weighted by atomic mass is 9.92. The molecule has 0 aromatic carbocycles. The van der Waals surface area contributed by atoms with Crippen LogP contribution >= 0.6 is 0 Å². The fraction of sp³-hybridized carbons (Fsp3) is 1.00. The first kappa shape index (κ1) is 14.9. The summed E-state index contributed by atoms with van der Waals surface area (Å²) in [6.45, 7) is 13.9. The van der Waals surface area contributed by atoms with Gasteiger partial charge in [-0.15, -0.1) is 0 Å². The van der Waals surface area contributed by atoms with E-state index in [9.17, 15) is 0 Å². The molecule has 2 nitrogen and oxygen atoms in total. The number of ether oxygens (including phenoxy) is 1. The molecule has 0 bridgehead atoms. The highest BCUT2D eigenvalue weighted by atomic mass is 16.5. The zero-order chi connectivity index (χ0) is 12.1. The highest BCUT2D eigenvalue weighted by molar-refractivity contribution is 4.76. The molecule has 0 aromatic heterocycles. The smallest absolute Gasteiger partial charge is 0.117 e. The van der Waals surface area contributed by atoms with E-state index in [-0.39, 0.29) is 0 Å². The van der Waals surface area contributed by atoms with Crippen LogP contribution in [0.2, 0.25) is 0 Å². The van der Waals surface area contributed by atoms with Crippen molar-refractivity contribution in [2.45, 2.75) is 60.1 Å². The zero-order valence-corrected chi connectivity index (χ0v) is 11.3. The molecule has 0 saturated carbocycles. The van der Waals surface area contributed by atoms with Crippen molar-refractivity contribution in [1.82, 2.24) is 0 Å². The zero-order valence-electron chi connectivity index (χ0n) is 11.3. The van der Waals surface area contributed by atoms with Crippen molar-refractivity contribution >= 4 is 0 Å². The van der Waals surface area contributed by atoms with Gasteiger partial charge in [0, 0.05) is 0 Å². The topological polar surface area (TPSA) is 35.2 Å². The molecule has 2 N–H and O–H groups in total. The van der Waals surface area contributed by atoms with Crippen molar-refractivity contribution in [3.8, 4) is 0 Å². The number of nitrogens with two attached hydrogens (primary N) is 1. The molecule has 0 aromatic rings. The van der Waals surface area contributed by atoms with E-state index in [0.717, 1.165) is 19.4 Å². The molecule has 0 radical (unpaired) electrons. The molecule has 0 spiro atoms. The van der Waals surface area contributed by atoms with Crippen molar-refractivity contribution in [2.24, 2.45) is 23.5 Å². The molecule has 0 aliphatic heterocycles. The molecule has 92 valence electrons. The van der Waals surface area contributed by atoms with Gasteiger partial charge < -0.3 is 10.5 Å². The molecular weight excluding hydrogens is 186 g/mol. The minimum atomic E-state index is -0.424. The van der Waals surface area contributed by atoms with Gasteiger partial charge >= 0.3 is 0 Å². The van der Waals surface area contributed by atoms with Crippen LogP contribution in [0.4, 0.5) is 0 Å². The average Bonchev–Trinajstić information content (AvgIpc) is 1.97. The molecule has 0 heterocycles. The van der Waals surface area contributed by atoms with Crippen LogP contribution in [0.1, 0.15) is 54.4 Å². The normalized spacial score (nSPS) is 13.2. The Labute approximate surface area is 95.6 Å². The second-order valence-corrected chi connectivity index (χ2v) is 5.97. The minimum absolute atomic E-state index is 0.424. The Balaban J connectivity index is 4.26. The summed E-state index contributed by atoms with van der Waals surface area (Å²) in [7, 11) is 0. The van der Waals surface area contributed by atoms with Gasteiger partial charge in [-0.2, -0.15) is 0 Å². The van der Waals surface area contributed by atoms with Crippen LogP contribution in [0.25, 0.3) is 0 Å². The molecule has 2 heteroatoms. The van der Waals surface area contributed by atoms with Crippen LogP contribution in [0.5, 0.6) is 0 Å². The molecule has 15 heavy (non-hydrogen) atoms. The van der Waals surface area contributed by atoms with Crippen LogP contribution in [0, 0.1) is 17.8 Å². The Kier molecular flexibility index (Phi) is 6.46. The van der Waals surface area contributed by atoms with E-state index in [2.05, 4.69) is 41.5 Å². The summed E-state index contributed by atoms with van der Waals surface area (Å²) >= 11 is 0. The van der Waals surface area contributed by atoms with Gasteiger partial charge in [-0.25, -0.2) is 0 Å². The van der Waals surface area contributed by atoms with E-state index in [4.69, 9.17) is 10.5 Å². The summed E-state index contributed by atoms with van der Waals surface area (Å²) in [5.41, 5.74) is 5.90. The highest BCUT2D eigenvalue weighted by Crippen LogP contribution is 2.24. The largest absolute Gasteiger partial charge is 0.361 e. The van der Waals surface area contributed by atoms with Gasteiger partial charge in [0.2, 0.25) is 0 Å². The number of rotatable bonds is 7. The monoisotopic (exact) mass is 215 g/mol. The third-order valence-electron chi connectivity index (χ3n) is 2.21. The molecule has 0 amide bonds. The molecule has 0 aliphatic carbocycles. The maximum absolute atomic E-state index is 6.33. The third-order valence-corrected chi connectivity index (χ3v) is 2.21. The molecule has 0 unspecified atom stereocenters.